The van der Waals surface area contributed by atoms with Crippen molar-refractivity contribution in [3.63, 3.8) is 0 Å². The molecule has 2 saturated carbocycles. The van der Waals surface area contributed by atoms with Crippen molar-refractivity contribution >= 4 is 15.8 Å². The Morgan fingerprint density at radius 3 is 0.885 bits per heavy atom. The maximum atomic E-state index is 2.56. The van der Waals surface area contributed by atoms with Crippen molar-refractivity contribution in [2.24, 2.45) is 11.8 Å². The van der Waals surface area contributed by atoms with Crippen LogP contribution >= 0.6 is 15.8 Å². The van der Waals surface area contributed by atoms with Crippen molar-refractivity contribution < 1.29 is 0 Å². The Balaban J connectivity index is 2.48. The maximum absolute atomic E-state index is 2.56. The third kappa shape index (κ3) is 5.47. The Morgan fingerprint density at radius 1 is 0.462 bits per heavy atom. The predicted molar refractivity (Wildman–Crippen MR) is 126 cm³/mol. The van der Waals surface area contributed by atoms with E-state index in [0.29, 0.717) is 0 Å². The summed E-state index contributed by atoms with van der Waals surface area (Å²) in [4.78, 5) is 0. The molecular formula is C24H48P2. The first-order valence-electron chi connectivity index (χ1n) is 11.8. The molecule has 2 unspecified atom stereocenters. The van der Waals surface area contributed by atoms with E-state index in [4.69, 9.17) is 0 Å². The van der Waals surface area contributed by atoms with Crippen LogP contribution in [-0.2, 0) is 0 Å². The van der Waals surface area contributed by atoms with E-state index in [-0.39, 0.29) is 15.8 Å². The van der Waals surface area contributed by atoms with Gasteiger partial charge in [-0.15, -0.1) is 0 Å². The summed E-state index contributed by atoms with van der Waals surface area (Å²) in [6.45, 7) is 20.5. The molecule has 2 fully saturated rings. The second-order valence-corrected chi connectivity index (χ2v) is 17.5. The molecule has 0 radical (unpaired) electrons. The van der Waals surface area contributed by atoms with Gasteiger partial charge in [-0.05, 0) is 71.5 Å². The zero-order valence-corrected chi connectivity index (χ0v) is 21.0. The van der Waals surface area contributed by atoms with Crippen LogP contribution in [0.4, 0.5) is 0 Å². The van der Waals surface area contributed by atoms with Gasteiger partial charge in [0.05, 0.1) is 0 Å². The first-order valence-corrected chi connectivity index (χ1v) is 14.9. The largest absolute Gasteiger partial charge is 0.0973 e. The minimum atomic E-state index is 0.126. The van der Waals surface area contributed by atoms with E-state index in [2.05, 4.69) is 55.4 Å². The van der Waals surface area contributed by atoms with E-state index in [0.717, 1.165) is 45.8 Å². The van der Waals surface area contributed by atoms with E-state index in [1.807, 2.05) is 0 Å². The molecule has 0 aromatic carbocycles. The van der Waals surface area contributed by atoms with Crippen molar-refractivity contribution in [3.8, 4) is 0 Å². The highest BCUT2D eigenvalue weighted by molar-refractivity contribution is 7.64. The smallest absolute Gasteiger partial charge is 0.0106 e. The zero-order chi connectivity index (χ0) is 19.4. The SMILES string of the molecule is CC(C)P(C(C)C)C(C1CCCC1)C(C1CCCC1)P(C(C)C)C(C)C. The molecule has 2 atom stereocenters. The van der Waals surface area contributed by atoms with Gasteiger partial charge >= 0.3 is 0 Å². The first kappa shape index (κ1) is 23.1. The molecule has 2 rings (SSSR count). The molecule has 0 spiro atoms. The summed E-state index contributed by atoms with van der Waals surface area (Å²) in [5.41, 5.74) is 5.72. The van der Waals surface area contributed by atoms with Crippen LogP contribution in [0.2, 0.25) is 0 Å². The van der Waals surface area contributed by atoms with Crippen LogP contribution in [0.15, 0.2) is 0 Å². The van der Waals surface area contributed by atoms with E-state index < -0.39 is 0 Å². The molecule has 2 aliphatic rings. The van der Waals surface area contributed by atoms with Gasteiger partial charge < -0.3 is 0 Å². The summed E-state index contributed by atoms with van der Waals surface area (Å²) in [5.74, 6) is 2.11. The lowest BCUT2D eigenvalue weighted by atomic mass is 9.92. The molecule has 0 nitrogen and oxygen atoms in total. The van der Waals surface area contributed by atoms with Gasteiger partial charge in [0.25, 0.3) is 0 Å². The summed E-state index contributed by atoms with van der Waals surface area (Å²) < 4.78 is 0. The monoisotopic (exact) mass is 398 g/mol. The highest BCUT2D eigenvalue weighted by Gasteiger charge is 2.46. The Bertz CT molecular complexity index is 335. The van der Waals surface area contributed by atoms with Crippen molar-refractivity contribution in [2.45, 2.75) is 141 Å². The minimum absolute atomic E-state index is 0.126. The van der Waals surface area contributed by atoms with Gasteiger partial charge in [-0.3, -0.25) is 0 Å². The molecular weight excluding hydrogens is 350 g/mol. The number of hydrogen-bond acceptors (Lipinski definition) is 0. The lowest BCUT2D eigenvalue weighted by molar-refractivity contribution is 0.412. The molecule has 0 aromatic heterocycles. The minimum Gasteiger partial charge on any atom is -0.0973 e. The van der Waals surface area contributed by atoms with Crippen molar-refractivity contribution in [2.75, 3.05) is 0 Å². The summed E-state index contributed by atoms with van der Waals surface area (Å²) in [6, 6.07) is 0. The topological polar surface area (TPSA) is 0 Å². The molecule has 0 aliphatic heterocycles. The normalized spacial score (nSPS) is 22.8. The van der Waals surface area contributed by atoms with Gasteiger partial charge in [0, 0.05) is 0 Å². The first-order chi connectivity index (χ1) is 12.3. The quantitative estimate of drug-likeness (QED) is 0.341. The maximum Gasteiger partial charge on any atom is -0.0106 e. The third-order valence-corrected chi connectivity index (χ3v) is 15.1. The van der Waals surface area contributed by atoms with Crippen LogP contribution in [0, 0.1) is 11.8 Å². The van der Waals surface area contributed by atoms with Crippen molar-refractivity contribution in [3.05, 3.63) is 0 Å². The van der Waals surface area contributed by atoms with Crippen LogP contribution in [-0.4, -0.2) is 34.0 Å². The fourth-order valence-electron chi connectivity index (χ4n) is 6.56. The molecule has 2 aliphatic carbocycles. The van der Waals surface area contributed by atoms with Gasteiger partial charge in [0.2, 0.25) is 0 Å². The fraction of sp³-hybridized carbons (Fsp3) is 1.00. The summed E-state index contributed by atoms with van der Waals surface area (Å²) in [7, 11) is 0.251. The molecule has 0 N–H and O–H groups in total. The summed E-state index contributed by atoms with van der Waals surface area (Å²) >= 11 is 0. The second kappa shape index (κ2) is 10.6. The predicted octanol–water partition coefficient (Wildman–Crippen LogP) is 8.70. The van der Waals surface area contributed by atoms with Crippen molar-refractivity contribution in [1.82, 2.24) is 0 Å². The molecule has 0 saturated heterocycles. The van der Waals surface area contributed by atoms with E-state index >= 15 is 0 Å². The average molecular weight is 399 g/mol. The van der Waals surface area contributed by atoms with Crippen LogP contribution in [0.1, 0.15) is 107 Å². The van der Waals surface area contributed by atoms with Gasteiger partial charge in [-0.25, -0.2) is 0 Å². The Labute approximate surface area is 168 Å². The second-order valence-electron chi connectivity index (χ2n) is 10.3. The van der Waals surface area contributed by atoms with E-state index in [9.17, 15) is 0 Å². The Kier molecular flexibility index (Phi) is 9.42. The van der Waals surface area contributed by atoms with Crippen LogP contribution < -0.4 is 0 Å². The Morgan fingerprint density at radius 2 is 0.692 bits per heavy atom. The highest BCUT2D eigenvalue weighted by atomic mass is 31.1. The molecule has 0 aromatic rings. The molecule has 154 valence electrons. The van der Waals surface area contributed by atoms with Gasteiger partial charge in [0.1, 0.15) is 0 Å². The molecule has 0 bridgehead atoms. The van der Waals surface area contributed by atoms with Crippen molar-refractivity contribution in [1.29, 1.82) is 0 Å². The number of hydrogen-bond donors (Lipinski definition) is 0. The lowest BCUT2D eigenvalue weighted by Gasteiger charge is -2.50. The molecule has 0 heterocycles. The fourth-order valence-corrected chi connectivity index (χ4v) is 15.4. The summed E-state index contributed by atoms with van der Waals surface area (Å²) in [5, 5.41) is 0. The van der Waals surface area contributed by atoms with Gasteiger partial charge in [0.15, 0.2) is 0 Å². The van der Waals surface area contributed by atoms with Crippen LogP contribution in [0.3, 0.4) is 0 Å². The average Bonchev–Trinajstić information content (AvgIpc) is 3.21. The standard InChI is InChI=1S/C24H48P2/c1-17(2)25(18(3)4)23(21-13-9-10-14-21)24(22-15-11-12-16-22)26(19(5)6)20(7)8/h17-24H,9-16H2,1-8H3. The lowest BCUT2D eigenvalue weighted by Crippen LogP contribution is -2.40. The van der Waals surface area contributed by atoms with Crippen LogP contribution in [0.25, 0.3) is 0 Å². The molecule has 0 amide bonds. The number of rotatable bonds is 9. The van der Waals surface area contributed by atoms with E-state index in [1.54, 1.807) is 25.7 Å². The third-order valence-electron chi connectivity index (χ3n) is 7.19. The highest BCUT2D eigenvalue weighted by Crippen LogP contribution is 2.67. The molecule has 2 heteroatoms. The van der Waals surface area contributed by atoms with Gasteiger partial charge in [-0.1, -0.05) is 96.9 Å². The van der Waals surface area contributed by atoms with Gasteiger partial charge in [-0.2, -0.15) is 0 Å². The Hall–Kier alpha value is 0.860. The van der Waals surface area contributed by atoms with Crippen LogP contribution in [0.5, 0.6) is 0 Å². The molecule has 26 heavy (non-hydrogen) atoms. The summed E-state index contributed by atoms with van der Waals surface area (Å²) in [6.07, 6.45) is 12.2. The zero-order valence-electron chi connectivity index (χ0n) is 19.2. The van der Waals surface area contributed by atoms with E-state index in [1.165, 1.54) is 25.7 Å².